The van der Waals surface area contributed by atoms with Crippen molar-refractivity contribution in [1.29, 1.82) is 5.26 Å². The molecule has 0 aliphatic heterocycles. The fourth-order valence-corrected chi connectivity index (χ4v) is 12.7. The zero-order chi connectivity index (χ0) is 73.5. The van der Waals surface area contributed by atoms with Crippen molar-refractivity contribution in [2.75, 3.05) is 0 Å². The van der Waals surface area contributed by atoms with Crippen LogP contribution < -0.4 is 0 Å². The summed E-state index contributed by atoms with van der Waals surface area (Å²) in [6, 6.07) is 33.1. The van der Waals surface area contributed by atoms with E-state index in [0.29, 0.717) is 54.1 Å². The maximum Gasteiger partial charge on any atom is 0.417 e. The minimum absolute atomic E-state index is 0.0735. The first-order valence-corrected chi connectivity index (χ1v) is 29.5. The fourth-order valence-electron chi connectivity index (χ4n) is 12.7. The molecule has 3 heterocycles. The smallest absolute Gasteiger partial charge is 0.308 e. The second-order valence-electron chi connectivity index (χ2n) is 23.4. The van der Waals surface area contributed by atoms with Gasteiger partial charge in [0.2, 0.25) is 0 Å². The second kappa shape index (κ2) is 24.0. The zero-order valence-corrected chi connectivity index (χ0v) is 50.5. The minimum Gasteiger partial charge on any atom is -0.308 e. The highest BCUT2D eigenvalue weighted by molar-refractivity contribution is 6.14. The molecule has 4 nitrogen and oxygen atoms in total. The molecule has 0 bridgehead atoms. The van der Waals surface area contributed by atoms with Gasteiger partial charge in [0.25, 0.3) is 0 Å². The van der Waals surface area contributed by atoms with E-state index in [2.05, 4.69) is 0 Å². The Balaban J connectivity index is 1.17. The van der Waals surface area contributed by atoms with Crippen molar-refractivity contribution in [2.45, 2.75) is 49.4 Å². The third-order valence-corrected chi connectivity index (χ3v) is 17.2. The van der Waals surface area contributed by atoms with E-state index in [9.17, 15) is 57.9 Å². The Hall–Kier alpha value is -11.2. The summed E-state index contributed by atoms with van der Waals surface area (Å²) in [6.45, 7) is 0. The molecule has 13 rings (SSSR count). The largest absolute Gasteiger partial charge is 0.417 e. The van der Waals surface area contributed by atoms with Crippen LogP contribution in [0.1, 0.15) is 50.1 Å². The van der Waals surface area contributed by atoms with Gasteiger partial charge in [0, 0.05) is 32.7 Å². The molecule has 0 amide bonds. The van der Waals surface area contributed by atoms with Crippen molar-refractivity contribution in [2.24, 2.45) is 0 Å². The Morgan fingerprint density at radius 1 is 0.265 bits per heavy atom. The van der Waals surface area contributed by atoms with Crippen LogP contribution in [0.4, 0.5) is 105 Å². The molecule has 0 fully saturated rings. The van der Waals surface area contributed by atoms with E-state index in [1.807, 2.05) is 6.07 Å². The number of alkyl halides is 24. The predicted molar refractivity (Wildman–Crippen MR) is 330 cm³/mol. The highest BCUT2D eigenvalue weighted by Gasteiger charge is 2.43. The number of halogens is 24. The number of benzene rings is 10. The lowest BCUT2D eigenvalue weighted by Crippen LogP contribution is -2.12. The number of hydrogen-bond acceptors (Lipinski definition) is 2. The van der Waals surface area contributed by atoms with Crippen LogP contribution in [0.3, 0.4) is 0 Å². The lowest BCUT2D eigenvalue weighted by Gasteiger charge is -2.21. The van der Waals surface area contributed by atoms with E-state index in [1.165, 1.54) is 33.4 Å². The fraction of sp³-hybridized carbons (Fsp3) is 0.108. The van der Waals surface area contributed by atoms with Crippen LogP contribution >= 0.6 is 0 Å². The van der Waals surface area contributed by atoms with Crippen molar-refractivity contribution < 1.29 is 105 Å². The Labute approximate surface area is 556 Å². The number of aromatic nitrogens is 3. The first-order valence-electron chi connectivity index (χ1n) is 29.5. The summed E-state index contributed by atoms with van der Waals surface area (Å²) >= 11 is 0. The molecule has 102 heavy (non-hydrogen) atoms. The lowest BCUT2D eigenvalue weighted by molar-refractivity contribution is -0.144. The van der Waals surface area contributed by atoms with Gasteiger partial charge in [-0.15, -0.1) is 0 Å². The number of fused-ring (bicyclic) bond motifs is 6. The maximum absolute atomic E-state index is 15.0. The van der Waals surface area contributed by atoms with Crippen LogP contribution in [-0.2, 0) is 49.4 Å². The molecule has 0 aliphatic carbocycles. The molecule has 0 aliphatic rings. The van der Waals surface area contributed by atoms with Crippen LogP contribution in [0, 0.1) is 11.3 Å². The molecule has 0 saturated carbocycles. The summed E-state index contributed by atoms with van der Waals surface area (Å²) in [5.41, 5.74) is -20.0. The zero-order valence-electron chi connectivity index (χ0n) is 50.5. The molecular weight excluding hydrogens is 1400 g/mol. The number of hydrogen-bond donors (Lipinski definition) is 0. The van der Waals surface area contributed by atoms with E-state index in [1.54, 1.807) is 36.4 Å². The van der Waals surface area contributed by atoms with Crippen LogP contribution in [0.15, 0.2) is 206 Å². The van der Waals surface area contributed by atoms with Crippen molar-refractivity contribution in [3.05, 3.63) is 256 Å². The molecule has 13 aromatic rings. The van der Waals surface area contributed by atoms with Crippen molar-refractivity contribution in [1.82, 2.24) is 14.1 Å². The number of nitrogens with zero attached hydrogens (tertiary/aromatic N) is 4. The van der Waals surface area contributed by atoms with Gasteiger partial charge in [-0.1, -0.05) is 84.9 Å². The number of rotatable bonds is 8. The van der Waals surface area contributed by atoms with Crippen molar-refractivity contribution >= 4 is 43.6 Å². The first kappa shape index (κ1) is 69.2. The summed E-state index contributed by atoms with van der Waals surface area (Å²) in [5, 5.41) is 10.3. The lowest BCUT2D eigenvalue weighted by atomic mass is 9.94. The van der Waals surface area contributed by atoms with Gasteiger partial charge in [0.1, 0.15) is 0 Å². The molecule has 0 spiro atoms. The predicted octanol–water partition coefficient (Wildman–Crippen LogP) is 25.3. The molecule has 518 valence electrons. The molecule has 0 N–H and O–H groups in total. The average molecular weight is 1440 g/mol. The molecule has 0 atom stereocenters. The van der Waals surface area contributed by atoms with Gasteiger partial charge >= 0.3 is 49.4 Å². The molecule has 28 heteroatoms. The first-order chi connectivity index (χ1) is 47.6. The topological polar surface area (TPSA) is 46.5 Å². The second-order valence-corrected chi connectivity index (χ2v) is 23.4. The molecule has 0 radical (unpaired) electrons. The van der Waals surface area contributed by atoms with E-state index in [4.69, 9.17) is 4.98 Å². The van der Waals surface area contributed by atoms with Gasteiger partial charge in [0.05, 0.1) is 101 Å². The van der Waals surface area contributed by atoms with Crippen molar-refractivity contribution in [3.63, 3.8) is 0 Å². The molecule has 0 unspecified atom stereocenters. The monoisotopic (exact) mass is 1430 g/mol. The number of pyridine rings is 1. The minimum atomic E-state index is -5.49. The Morgan fingerprint density at radius 3 is 0.814 bits per heavy atom. The van der Waals surface area contributed by atoms with Crippen LogP contribution in [0.5, 0.6) is 0 Å². The maximum atomic E-state index is 15.0. The molecule has 0 saturated heterocycles. The average Bonchev–Trinajstić information content (AvgIpc) is 1.55. The van der Waals surface area contributed by atoms with E-state index in [0.717, 1.165) is 72.8 Å². The molecular formula is C74H34F24N4. The van der Waals surface area contributed by atoms with Crippen LogP contribution in [0.2, 0.25) is 0 Å². The van der Waals surface area contributed by atoms with Gasteiger partial charge in [-0.3, -0.25) is 0 Å². The van der Waals surface area contributed by atoms with Gasteiger partial charge in [0.15, 0.2) is 0 Å². The third kappa shape index (κ3) is 12.6. The third-order valence-electron chi connectivity index (χ3n) is 17.2. The highest BCUT2D eigenvalue weighted by Crippen LogP contribution is 2.51. The molecule has 3 aromatic heterocycles. The van der Waals surface area contributed by atoms with Crippen LogP contribution in [0.25, 0.3) is 122 Å². The van der Waals surface area contributed by atoms with E-state index in [-0.39, 0.29) is 102 Å². The van der Waals surface area contributed by atoms with Gasteiger partial charge in [-0.2, -0.15) is 111 Å². The summed E-state index contributed by atoms with van der Waals surface area (Å²) in [7, 11) is 0. The summed E-state index contributed by atoms with van der Waals surface area (Å²) in [6.07, 6.45) is -43.2. The van der Waals surface area contributed by atoms with E-state index >= 15 is 52.7 Å². The SMILES string of the molecule is N#Cc1cc(-n2c3ccc(-c4ccc(C(F)(F)F)cc4C(F)(F)F)cc3c3cc(-c4ccc(C(F)(F)F)cc4C(F)(F)F)ccc32)c(-c2cccc(-c3ccccc3)n2)c(-n2c3ccc(-c4ccc(C(F)(F)F)cc4C(F)(F)F)cc3c3cc(-c4ccc(C(F)(F)F)cc4C(F)(F)F)ccc32)c1. The normalized spacial score (nSPS) is 13.1. The van der Waals surface area contributed by atoms with Gasteiger partial charge in [-0.25, -0.2) is 4.98 Å². The van der Waals surface area contributed by atoms with Gasteiger partial charge < -0.3 is 9.13 Å². The molecule has 10 aromatic carbocycles. The van der Waals surface area contributed by atoms with E-state index < -0.39 is 138 Å². The van der Waals surface area contributed by atoms with Crippen LogP contribution in [-0.4, -0.2) is 14.1 Å². The highest BCUT2D eigenvalue weighted by atomic mass is 19.4. The summed E-state index contributed by atoms with van der Waals surface area (Å²) in [4.78, 5) is 5.02. The Bertz CT molecular complexity index is 5030. The summed E-state index contributed by atoms with van der Waals surface area (Å²) < 4.78 is 352. The Kier molecular flexibility index (Phi) is 16.3. The Morgan fingerprint density at radius 2 is 0.549 bits per heavy atom. The van der Waals surface area contributed by atoms with Crippen molar-refractivity contribution in [3.8, 4) is 84.5 Å². The number of nitriles is 1. The van der Waals surface area contributed by atoms with Gasteiger partial charge in [-0.05, 0) is 166 Å². The summed E-state index contributed by atoms with van der Waals surface area (Å²) in [5.74, 6) is 0. The quantitative estimate of drug-likeness (QED) is 0.142. The standard InChI is InChI=1S/C74H34F24N4/c75-67(76,77)42-13-17-46(54(31-42)71(87,88)89)38-9-21-60-50(27-38)51-28-39(47-18-14-43(68(78,79)80)32-55(47)72(90,91)92)10-22-61(51)101(60)64-25-36(35-99)26-65(66(64)59-8-4-7-58(100-59)37-5-2-1-3-6-37)102-62-23-11-40(48-19-15-44(69(81,82)83)33-56(48)73(93,94)95)29-52(62)53-30-41(12-24-63(53)102)49-20-16-45(70(84,85)86)34-57(49)74(96,97)98/h1-34H.